The van der Waals surface area contributed by atoms with Crippen LogP contribution < -0.4 is 5.32 Å². The molecule has 5 nitrogen and oxygen atoms in total. The molecule has 0 fully saturated rings. The van der Waals surface area contributed by atoms with Crippen LogP contribution in [-0.2, 0) is 16.0 Å². The molecule has 0 aliphatic carbocycles. The van der Waals surface area contributed by atoms with Gasteiger partial charge in [0.2, 0.25) is 0 Å². The largest absolute Gasteiger partial charge is 0.456 e. The monoisotopic (exact) mass is 421 g/mol. The summed E-state index contributed by atoms with van der Waals surface area (Å²) >= 11 is 11.7. The number of unbranched alkanes of at least 4 members (excludes halogenated alkanes) is 1. The number of carbonyl (C=O) groups excluding carboxylic acids is 3. The van der Waals surface area contributed by atoms with Crippen molar-refractivity contribution >= 4 is 40.9 Å². The molecule has 1 amide bonds. The Balaban J connectivity index is 1.78. The zero-order chi connectivity index (χ0) is 20.5. The molecule has 0 bridgehead atoms. The molecule has 0 aliphatic heterocycles. The van der Waals surface area contributed by atoms with Crippen molar-refractivity contribution < 1.29 is 19.1 Å². The summed E-state index contributed by atoms with van der Waals surface area (Å²) in [6.07, 6.45) is 3.17. The Morgan fingerprint density at radius 3 is 2.39 bits per heavy atom. The van der Waals surface area contributed by atoms with E-state index in [0.29, 0.717) is 10.6 Å². The van der Waals surface area contributed by atoms with Crippen molar-refractivity contribution in [1.82, 2.24) is 5.32 Å². The Kier molecular flexibility index (Phi) is 8.48. The van der Waals surface area contributed by atoms with E-state index in [0.717, 1.165) is 19.3 Å². The van der Waals surface area contributed by atoms with Crippen molar-refractivity contribution in [2.45, 2.75) is 26.2 Å². The van der Waals surface area contributed by atoms with Gasteiger partial charge in [-0.2, -0.15) is 0 Å². The third-order valence-electron chi connectivity index (χ3n) is 4.03. The molecule has 148 valence electrons. The van der Waals surface area contributed by atoms with E-state index >= 15 is 0 Å². The fourth-order valence-electron chi connectivity index (χ4n) is 2.44. The van der Waals surface area contributed by atoms with Crippen molar-refractivity contribution in [2.75, 3.05) is 13.2 Å². The number of rotatable bonds is 9. The van der Waals surface area contributed by atoms with Crippen LogP contribution in [0.25, 0.3) is 0 Å². The maximum atomic E-state index is 12.1. The SMILES string of the molecule is CCCCc1ccc(C(=O)COC(=O)CNC(=O)c2ccc(Cl)cc2Cl)cc1. The van der Waals surface area contributed by atoms with Crippen LogP contribution in [0.1, 0.15) is 46.0 Å². The first kappa shape index (κ1) is 21.9. The third kappa shape index (κ3) is 6.66. The molecule has 0 aromatic heterocycles. The number of aryl methyl sites for hydroxylation is 1. The first-order chi connectivity index (χ1) is 13.4. The number of benzene rings is 2. The number of esters is 1. The van der Waals surface area contributed by atoms with Gasteiger partial charge in [-0.1, -0.05) is 60.8 Å². The third-order valence-corrected chi connectivity index (χ3v) is 4.58. The molecule has 7 heteroatoms. The Bertz CT molecular complexity index is 850. The van der Waals surface area contributed by atoms with Crippen LogP contribution in [0.2, 0.25) is 10.0 Å². The summed E-state index contributed by atoms with van der Waals surface area (Å²) in [5.41, 5.74) is 1.84. The Morgan fingerprint density at radius 1 is 1.04 bits per heavy atom. The van der Waals surface area contributed by atoms with Gasteiger partial charge in [-0.05, 0) is 36.6 Å². The van der Waals surface area contributed by atoms with Crippen molar-refractivity contribution in [2.24, 2.45) is 0 Å². The lowest BCUT2D eigenvalue weighted by Crippen LogP contribution is -2.31. The first-order valence-electron chi connectivity index (χ1n) is 8.91. The minimum absolute atomic E-state index is 0.177. The Hall–Kier alpha value is -2.37. The normalized spacial score (nSPS) is 10.4. The van der Waals surface area contributed by atoms with E-state index in [1.54, 1.807) is 12.1 Å². The number of halogens is 2. The molecule has 0 aliphatic rings. The van der Waals surface area contributed by atoms with Crippen LogP contribution in [0.3, 0.4) is 0 Å². The van der Waals surface area contributed by atoms with Gasteiger partial charge < -0.3 is 10.1 Å². The minimum Gasteiger partial charge on any atom is -0.456 e. The van der Waals surface area contributed by atoms with Gasteiger partial charge in [-0.15, -0.1) is 0 Å². The lowest BCUT2D eigenvalue weighted by molar-refractivity contribution is -0.141. The fourth-order valence-corrected chi connectivity index (χ4v) is 2.93. The molecule has 2 aromatic carbocycles. The number of ketones is 1. The molecule has 0 saturated heterocycles. The molecule has 0 radical (unpaired) electrons. The van der Waals surface area contributed by atoms with Gasteiger partial charge in [0.05, 0.1) is 10.6 Å². The second-order valence-electron chi connectivity index (χ2n) is 6.19. The van der Waals surface area contributed by atoms with Gasteiger partial charge >= 0.3 is 5.97 Å². The number of Topliss-reactive ketones (excluding diaryl/α,β-unsaturated/α-hetero) is 1. The van der Waals surface area contributed by atoms with Crippen LogP contribution in [0, 0.1) is 0 Å². The molecule has 2 aromatic rings. The predicted molar refractivity (Wildman–Crippen MR) is 109 cm³/mol. The highest BCUT2D eigenvalue weighted by Crippen LogP contribution is 2.20. The van der Waals surface area contributed by atoms with E-state index in [2.05, 4.69) is 12.2 Å². The lowest BCUT2D eigenvalue weighted by Gasteiger charge is -2.08. The summed E-state index contributed by atoms with van der Waals surface area (Å²) in [6.45, 7) is 1.37. The van der Waals surface area contributed by atoms with Crippen molar-refractivity contribution in [1.29, 1.82) is 0 Å². The minimum atomic E-state index is -0.716. The average Bonchev–Trinajstić information content (AvgIpc) is 2.69. The van der Waals surface area contributed by atoms with Crippen LogP contribution in [0.15, 0.2) is 42.5 Å². The molecule has 0 spiro atoms. The van der Waals surface area contributed by atoms with Gasteiger partial charge in [0.25, 0.3) is 5.91 Å². The average molecular weight is 422 g/mol. The van der Waals surface area contributed by atoms with Crippen LogP contribution in [0.5, 0.6) is 0 Å². The summed E-state index contributed by atoms with van der Waals surface area (Å²) in [4.78, 5) is 35.9. The maximum Gasteiger partial charge on any atom is 0.325 e. The first-order valence-corrected chi connectivity index (χ1v) is 9.67. The van der Waals surface area contributed by atoms with Gasteiger partial charge in [0, 0.05) is 10.6 Å². The van der Waals surface area contributed by atoms with Gasteiger partial charge in [0.15, 0.2) is 12.4 Å². The number of nitrogens with one attached hydrogen (secondary N) is 1. The molecule has 28 heavy (non-hydrogen) atoms. The Morgan fingerprint density at radius 2 is 1.75 bits per heavy atom. The molecule has 0 unspecified atom stereocenters. The quantitative estimate of drug-likeness (QED) is 0.478. The molecule has 0 atom stereocenters. The van der Waals surface area contributed by atoms with E-state index in [1.165, 1.54) is 23.8 Å². The summed E-state index contributed by atoms with van der Waals surface area (Å²) in [7, 11) is 0. The van der Waals surface area contributed by atoms with Crippen molar-refractivity contribution in [3.63, 3.8) is 0 Å². The number of ether oxygens (including phenoxy) is 1. The number of hydrogen-bond acceptors (Lipinski definition) is 4. The Labute approximate surface area is 174 Å². The van der Waals surface area contributed by atoms with Gasteiger partial charge in [-0.3, -0.25) is 14.4 Å². The van der Waals surface area contributed by atoms with E-state index in [4.69, 9.17) is 27.9 Å². The number of carbonyl (C=O) groups is 3. The van der Waals surface area contributed by atoms with Crippen molar-refractivity contribution in [3.8, 4) is 0 Å². The maximum absolute atomic E-state index is 12.1. The molecule has 1 N–H and O–H groups in total. The topological polar surface area (TPSA) is 72.5 Å². The zero-order valence-electron chi connectivity index (χ0n) is 15.5. The fraction of sp³-hybridized carbons (Fsp3) is 0.286. The summed E-state index contributed by atoms with van der Waals surface area (Å²) in [5.74, 6) is -1.55. The predicted octanol–water partition coefficient (Wildman–Crippen LogP) is 4.49. The molecular formula is C21H21Cl2NO4. The second-order valence-corrected chi connectivity index (χ2v) is 7.03. The summed E-state index contributed by atoms with van der Waals surface area (Å²) in [6, 6.07) is 11.7. The van der Waals surface area contributed by atoms with E-state index in [-0.39, 0.29) is 29.5 Å². The van der Waals surface area contributed by atoms with E-state index in [9.17, 15) is 14.4 Å². The second kappa shape index (κ2) is 10.8. The highest BCUT2D eigenvalue weighted by molar-refractivity contribution is 6.36. The van der Waals surface area contributed by atoms with E-state index in [1.807, 2.05) is 12.1 Å². The standard InChI is InChI=1S/C21H21Cl2NO4/c1-2-3-4-14-5-7-15(8-6-14)19(25)13-28-20(26)12-24-21(27)17-10-9-16(22)11-18(17)23/h5-11H,2-4,12-13H2,1H3,(H,24,27). The molecule has 0 heterocycles. The summed E-state index contributed by atoms with van der Waals surface area (Å²) < 4.78 is 4.93. The molecule has 2 rings (SSSR count). The van der Waals surface area contributed by atoms with E-state index < -0.39 is 11.9 Å². The molecule has 0 saturated carbocycles. The number of amides is 1. The van der Waals surface area contributed by atoms with Crippen LogP contribution in [-0.4, -0.2) is 30.8 Å². The zero-order valence-corrected chi connectivity index (χ0v) is 17.0. The van der Waals surface area contributed by atoms with Gasteiger partial charge in [-0.25, -0.2) is 0 Å². The molecular weight excluding hydrogens is 401 g/mol. The number of hydrogen-bond donors (Lipinski definition) is 1. The van der Waals surface area contributed by atoms with Crippen LogP contribution >= 0.6 is 23.2 Å². The van der Waals surface area contributed by atoms with Crippen LogP contribution in [0.4, 0.5) is 0 Å². The van der Waals surface area contributed by atoms with Crippen molar-refractivity contribution in [3.05, 3.63) is 69.2 Å². The smallest absolute Gasteiger partial charge is 0.325 e. The lowest BCUT2D eigenvalue weighted by atomic mass is 10.0. The highest BCUT2D eigenvalue weighted by atomic mass is 35.5. The highest BCUT2D eigenvalue weighted by Gasteiger charge is 2.14. The van der Waals surface area contributed by atoms with Gasteiger partial charge in [0.1, 0.15) is 6.54 Å². The summed E-state index contributed by atoms with van der Waals surface area (Å²) in [5, 5.41) is 2.97.